The number of nitrogens with zero attached hydrogens (tertiary/aromatic N) is 4. The van der Waals surface area contributed by atoms with Crippen molar-refractivity contribution in [1.82, 2.24) is 19.7 Å². The smallest absolute Gasteiger partial charge is 0.229 e. The Hall–Kier alpha value is -3.99. The van der Waals surface area contributed by atoms with Gasteiger partial charge in [0, 0.05) is 30.2 Å². The van der Waals surface area contributed by atoms with Crippen LogP contribution in [-0.2, 0) is 14.8 Å². The third-order valence-corrected chi connectivity index (χ3v) is 4.79. The molecular weight excluding hydrogens is 418 g/mol. The third-order valence-electron chi connectivity index (χ3n) is 4.19. The SMILES string of the molecule is CC(=O)Nc1ccc(-n2ncc3cnc(Nc4ccc(NS(C)(=O)=O)cc4)nc32)cc1. The highest BCUT2D eigenvalue weighted by Crippen LogP contribution is 2.21. The van der Waals surface area contributed by atoms with Gasteiger partial charge >= 0.3 is 0 Å². The molecule has 1 amide bonds. The summed E-state index contributed by atoms with van der Waals surface area (Å²) in [6.07, 6.45) is 4.44. The standard InChI is InChI=1S/C20H19N7O3S/c1-13(28)23-15-7-9-18(10-8-15)27-19-14(12-22-27)11-21-20(25-19)24-16-3-5-17(6-4-16)26-31(2,29)30/h3-12,26H,1-2H3,(H,23,28)(H,21,24,25). The van der Waals surface area contributed by atoms with Gasteiger partial charge in [0.15, 0.2) is 5.65 Å². The van der Waals surface area contributed by atoms with E-state index < -0.39 is 10.0 Å². The lowest BCUT2D eigenvalue weighted by molar-refractivity contribution is -0.114. The predicted molar refractivity (Wildman–Crippen MR) is 119 cm³/mol. The first-order valence-electron chi connectivity index (χ1n) is 9.20. The third kappa shape index (κ3) is 4.95. The lowest BCUT2D eigenvalue weighted by Gasteiger charge is -2.08. The molecule has 0 saturated carbocycles. The fourth-order valence-corrected chi connectivity index (χ4v) is 3.48. The van der Waals surface area contributed by atoms with Crippen molar-refractivity contribution >= 4 is 50.0 Å². The molecule has 0 fully saturated rings. The minimum Gasteiger partial charge on any atom is -0.326 e. The number of rotatable bonds is 6. The van der Waals surface area contributed by atoms with E-state index in [2.05, 4.69) is 30.4 Å². The molecule has 0 radical (unpaired) electrons. The van der Waals surface area contributed by atoms with Gasteiger partial charge in [0.05, 0.1) is 23.5 Å². The van der Waals surface area contributed by atoms with Crippen LogP contribution in [0.4, 0.5) is 23.0 Å². The molecule has 0 unspecified atom stereocenters. The van der Waals surface area contributed by atoms with Crippen molar-refractivity contribution < 1.29 is 13.2 Å². The Labute approximate surface area is 178 Å². The average Bonchev–Trinajstić information content (AvgIpc) is 3.12. The van der Waals surface area contributed by atoms with E-state index in [0.29, 0.717) is 28.7 Å². The fraction of sp³-hybridized carbons (Fsp3) is 0.100. The van der Waals surface area contributed by atoms with Gasteiger partial charge in [-0.05, 0) is 48.5 Å². The minimum absolute atomic E-state index is 0.138. The van der Waals surface area contributed by atoms with Crippen molar-refractivity contribution in [3.63, 3.8) is 0 Å². The van der Waals surface area contributed by atoms with Crippen LogP contribution in [-0.4, -0.2) is 40.3 Å². The first-order valence-corrected chi connectivity index (χ1v) is 11.1. The summed E-state index contributed by atoms with van der Waals surface area (Å²) in [5.74, 6) is 0.230. The number of fused-ring (bicyclic) bond motifs is 1. The lowest BCUT2D eigenvalue weighted by Crippen LogP contribution is -2.09. The molecule has 2 aromatic heterocycles. The van der Waals surface area contributed by atoms with E-state index in [1.165, 1.54) is 6.92 Å². The van der Waals surface area contributed by atoms with E-state index in [1.807, 2.05) is 12.1 Å². The number of benzene rings is 2. The first-order chi connectivity index (χ1) is 14.8. The quantitative estimate of drug-likeness (QED) is 0.423. The van der Waals surface area contributed by atoms with Crippen LogP contribution in [0.15, 0.2) is 60.9 Å². The number of nitrogens with one attached hydrogen (secondary N) is 3. The van der Waals surface area contributed by atoms with Crippen LogP contribution >= 0.6 is 0 Å². The molecule has 0 aliphatic rings. The van der Waals surface area contributed by atoms with Gasteiger partial charge in [-0.3, -0.25) is 9.52 Å². The van der Waals surface area contributed by atoms with Crippen molar-refractivity contribution in [2.75, 3.05) is 21.6 Å². The maximum absolute atomic E-state index is 11.3. The summed E-state index contributed by atoms with van der Waals surface area (Å²) in [5, 5.41) is 11.0. The van der Waals surface area contributed by atoms with E-state index in [-0.39, 0.29) is 5.91 Å². The molecular formula is C20H19N7O3S. The first kappa shape index (κ1) is 20.3. The minimum atomic E-state index is -3.33. The van der Waals surface area contributed by atoms with Crippen LogP contribution in [0, 0.1) is 0 Å². The molecule has 11 heteroatoms. The second-order valence-electron chi connectivity index (χ2n) is 6.83. The lowest BCUT2D eigenvalue weighted by atomic mass is 10.3. The molecule has 0 bridgehead atoms. The molecule has 0 aliphatic carbocycles. The highest BCUT2D eigenvalue weighted by Gasteiger charge is 2.10. The zero-order valence-electron chi connectivity index (χ0n) is 16.7. The molecule has 2 aromatic carbocycles. The number of sulfonamides is 1. The van der Waals surface area contributed by atoms with Crippen LogP contribution in [0.1, 0.15) is 6.92 Å². The Morgan fingerprint density at radius 2 is 1.58 bits per heavy atom. The van der Waals surface area contributed by atoms with Crippen molar-refractivity contribution in [2.24, 2.45) is 0 Å². The highest BCUT2D eigenvalue weighted by atomic mass is 32.2. The zero-order valence-corrected chi connectivity index (χ0v) is 17.5. The molecule has 0 aliphatic heterocycles. The van der Waals surface area contributed by atoms with Crippen LogP contribution in [0.2, 0.25) is 0 Å². The average molecular weight is 437 g/mol. The van der Waals surface area contributed by atoms with Gasteiger partial charge in [0.1, 0.15) is 0 Å². The summed E-state index contributed by atoms with van der Waals surface area (Å²) >= 11 is 0. The molecule has 4 aromatic rings. The number of aromatic nitrogens is 4. The maximum Gasteiger partial charge on any atom is 0.229 e. The van der Waals surface area contributed by atoms with Gasteiger partial charge in [0.2, 0.25) is 21.9 Å². The summed E-state index contributed by atoms with van der Waals surface area (Å²) in [5.41, 5.74) is 3.25. The molecule has 0 atom stereocenters. The molecule has 4 rings (SSSR count). The van der Waals surface area contributed by atoms with E-state index in [0.717, 1.165) is 17.3 Å². The van der Waals surface area contributed by atoms with Crippen LogP contribution in [0.5, 0.6) is 0 Å². The second-order valence-corrected chi connectivity index (χ2v) is 8.58. The van der Waals surface area contributed by atoms with Gasteiger partial charge < -0.3 is 10.6 Å². The summed E-state index contributed by atoms with van der Waals surface area (Å²) < 4.78 is 26.7. The molecule has 0 spiro atoms. The summed E-state index contributed by atoms with van der Waals surface area (Å²) in [6.45, 7) is 1.45. The number of hydrogen-bond donors (Lipinski definition) is 3. The van der Waals surface area contributed by atoms with Crippen LogP contribution in [0.3, 0.4) is 0 Å². The van der Waals surface area contributed by atoms with Gasteiger partial charge in [-0.2, -0.15) is 10.1 Å². The number of carbonyl (C=O) groups is 1. The van der Waals surface area contributed by atoms with Crippen molar-refractivity contribution in [3.8, 4) is 5.69 Å². The van der Waals surface area contributed by atoms with E-state index >= 15 is 0 Å². The highest BCUT2D eigenvalue weighted by molar-refractivity contribution is 7.92. The van der Waals surface area contributed by atoms with Gasteiger partial charge in [0.25, 0.3) is 0 Å². The normalized spacial score (nSPS) is 11.3. The molecule has 2 heterocycles. The summed E-state index contributed by atoms with van der Waals surface area (Å²) in [7, 11) is -3.33. The van der Waals surface area contributed by atoms with Gasteiger partial charge in [-0.25, -0.2) is 18.1 Å². The molecule has 0 saturated heterocycles. The molecule has 3 N–H and O–H groups in total. The predicted octanol–water partition coefficient (Wildman–Crippen LogP) is 2.89. The summed E-state index contributed by atoms with van der Waals surface area (Å²) in [6, 6.07) is 14.0. The zero-order chi connectivity index (χ0) is 22.0. The van der Waals surface area contributed by atoms with E-state index in [4.69, 9.17) is 0 Å². The number of carbonyl (C=O) groups excluding carboxylic acids is 1. The largest absolute Gasteiger partial charge is 0.326 e. The summed E-state index contributed by atoms with van der Waals surface area (Å²) in [4.78, 5) is 20.0. The van der Waals surface area contributed by atoms with Crippen molar-refractivity contribution in [3.05, 3.63) is 60.9 Å². The van der Waals surface area contributed by atoms with Gasteiger partial charge in [-0.15, -0.1) is 0 Å². The van der Waals surface area contributed by atoms with Crippen molar-refractivity contribution in [1.29, 1.82) is 0 Å². The van der Waals surface area contributed by atoms with E-state index in [9.17, 15) is 13.2 Å². The number of anilines is 4. The Morgan fingerprint density at radius 3 is 2.23 bits per heavy atom. The monoisotopic (exact) mass is 437 g/mol. The van der Waals surface area contributed by atoms with E-state index in [1.54, 1.807) is 53.5 Å². The number of hydrogen-bond acceptors (Lipinski definition) is 7. The maximum atomic E-state index is 11.3. The van der Waals surface area contributed by atoms with Crippen LogP contribution in [0.25, 0.3) is 16.7 Å². The Balaban J connectivity index is 1.57. The Morgan fingerprint density at radius 1 is 0.935 bits per heavy atom. The number of amides is 1. The molecule has 158 valence electrons. The molecule has 10 nitrogen and oxygen atoms in total. The fourth-order valence-electron chi connectivity index (χ4n) is 2.92. The van der Waals surface area contributed by atoms with Crippen LogP contribution < -0.4 is 15.4 Å². The van der Waals surface area contributed by atoms with Gasteiger partial charge in [-0.1, -0.05) is 0 Å². The van der Waals surface area contributed by atoms with Crippen molar-refractivity contribution in [2.45, 2.75) is 6.92 Å². The second kappa shape index (κ2) is 8.03. The topological polar surface area (TPSA) is 131 Å². The Kier molecular flexibility index (Phi) is 5.26. The Bertz CT molecular complexity index is 1350. The molecule has 31 heavy (non-hydrogen) atoms.